The first-order valence-electron chi connectivity index (χ1n) is 12.4. The van der Waals surface area contributed by atoms with Gasteiger partial charge in [0.2, 0.25) is 5.60 Å². The van der Waals surface area contributed by atoms with E-state index in [-0.39, 0.29) is 35.1 Å². The Bertz CT molecular complexity index is 1500. The lowest BCUT2D eigenvalue weighted by atomic mass is 9.80. The molecule has 0 bridgehead atoms. The van der Waals surface area contributed by atoms with Gasteiger partial charge in [-0.1, -0.05) is 11.2 Å². The molecule has 2 aromatic heterocycles. The second-order valence-electron chi connectivity index (χ2n) is 9.53. The van der Waals surface area contributed by atoms with Crippen LogP contribution in [0.1, 0.15) is 25.0 Å². The molecule has 3 aliphatic rings. The molecule has 1 saturated carbocycles. The topological polar surface area (TPSA) is 214 Å². The number of nitrogen functional groups attached to an aromatic ring is 2. The minimum atomic E-state index is -1.53. The van der Waals surface area contributed by atoms with Crippen molar-refractivity contribution in [3.05, 3.63) is 59.0 Å². The molecule has 14 nitrogen and oxygen atoms in total. The summed E-state index contributed by atoms with van der Waals surface area (Å²) in [6.07, 6.45) is 8.13. The molecule has 1 aliphatic carbocycles. The summed E-state index contributed by atoms with van der Waals surface area (Å²) < 4.78 is 1.86. The molecule has 2 aromatic rings. The van der Waals surface area contributed by atoms with E-state index in [1.807, 2.05) is 4.57 Å². The summed E-state index contributed by atoms with van der Waals surface area (Å²) in [5, 5.41) is 26.8. The van der Waals surface area contributed by atoms with Gasteiger partial charge in [0.15, 0.2) is 29.8 Å². The Kier molecular flexibility index (Phi) is 7.68. The van der Waals surface area contributed by atoms with Crippen LogP contribution in [0.4, 0.5) is 10.8 Å². The third-order valence-corrected chi connectivity index (χ3v) is 8.86. The quantitative estimate of drug-likeness (QED) is 0.108. The number of thiazole rings is 1. The highest BCUT2D eigenvalue weighted by molar-refractivity contribution is 8.00. The number of oxime groups is 1. The maximum Gasteiger partial charge on any atom is 0.352 e. The Morgan fingerprint density at radius 2 is 2.00 bits per heavy atom. The molecule has 41 heavy (non-hydrogen) atoms. The number of pyridine rings is 1. The van der Waals surface area contributed by atoms with Crippen LogP contribution in [0.15, 0.2) is 58.5 Å². The van der Waals surface area contributed by atoms with E-state index in [2.05, 4.69) is 15.5 Å². The van der Waals surface area contributed by atoms with E-state index in [9.17, 15) is 29.4 Å². The second kappa shape index (κ2) is 11.2. The normalized spacial score (nSPS) is 21.6. The summed E-state index contributed by atoms with van der Waals surface area (Å²) in [5.74, 6) is -3.61. The molecule has 2 fully saturated rings. The molecule has 2 aliphatic heterocycles. The van der Waals surface area contributed by atoms with Crippen molar-refractivity contribution in [1.82, 2.24) is 15.2 Å². The van der Waals surface area contributed by atoms with Crippen molar-refractivity contribution in [3.8, 4) is 0 Å². The van der Waals surface area contributed by atoms with Gasteiger partial charge in [-0.15, -0.1) is 23.1 Å². The molecule has 0 aromatic carbocycles. The molecule has 16 heteroatoms. The first-order chi connectivity index (χ1) is 19.6. The number of amides is 2. The summed E-state index contributed by atoms with van der Waals surface area (Å²) in [5.41, 5.74) is 10.5. The minimum absolute atomic E-state index is 0.0577. The largest absolute Gasteiger partial charge is 0.478 e. The zero-order valence-corrected chi connectivity index (χ0v) is 23.1. The lowest BCUT2D eigenvalue weighted by Crippen LogP contribution is -2.71. The van der Waals surface area contributed by atoms with E-state index in [0.717, 1.165) is 16.2 Å². The average Bonchev–Trinajstić information content (AvgIpc) is 3.34. The van der Waals surface area contributed by atoms with Crippen molar-refractivity contribution in [2.45, 2.75) is 42.8 Å². The second-order valence-corrected chi connectivity index (χ2v) is 11.5. The van der Waals surface area contributed by atoms with E-state index >= 15 is 0 Å². The Hall–Kier alpha value is -4.44. The monoisotopic (exact) mass is 600 g/mol. The van der Waals surface area contributed by atoms with Gasteiger partial charge in [-0.2, -0.15) is 0 Å². The number of thioether (sulfide) groups is 1. The van der Waals surface area contributed by atoms with Gasteiger partial charge < -0.3 is 31.8 Å². The number of carbonyl (C=O) groups excluding carboxylic acids is 2. The number of allylic oxidation sites excluding steroid dienone is 2. The highest BCUT2D eigenvalue weighted by Crippen LogP contribution is 2.41. The number of carbonyl (C=O) groups is 4. The SMILES string of the molecule is Nc1cc[n+](CC=CC2=C(C(=O)O)N3C(=O)C(NC(=O)C(=NOC4(C(=O)O)CCC4)c4csc(N)n4)[C@@H]3SC2)cc1. The summed E-state index contributed by atoms with van der Waals surface area (Å²) in [6, 6.07) is 2.44. The molecule has 1 unspecified atom stereocenters. The molecule has 2 amide bonds. The summed E-state index contributed by atoms with van der Waals surface area (Å²) >= 11 is 2.35. The molecule has 0 radical (unpaired) electrons. The van der Waals surface area contributed by atoms with Crippen molar-refractivity contribution in [2.75, 3.05) is 17.2 Å². The van der Waals surface area contributed by atoms with E-state index in [4.69, 9.17) is 16.3 Å². The first kappa shape index (κ1) is 28.1. The zero-order valence-electron chi connectivity index (χ0n) is 21.4. The fraction of sp³-hybridized carbons (Fsp3) is 0.320. The van der Waals surface area contributed by atoms with Crippen LogP contribution in [0, 0.1) is 0 Å². The van der Waals surface area contributed by atoms with Crippen LogP contribution in [0.3, 0.4) is 0 Å². The number of hydrogen-bond donors (Lipinski definition) is 5. The van der Waals surface area contributed by atoms with Gasteiger partial charge in [0.1, 0.15) is 22.8 Å². The van der Waals surface area contributed by atoms with E-state index in [1.54, 1.807) is 36.7 Å². The molecule has 0 spiro atoms. The number of aromatic nitrogens is 2. The maximum atomic E-state index is 13.3. The van der Waals surface area contributed by atoms with Gasteiger partial charge in [0, 0.05) is 41.8 Å². The van der Waals surface area contributed by atoms with E-state index in [0.29, 0.717) is 30.0 Å². The lowest BCUT2D eigenvalue weighted by molar-refractivity contribution is -0.686. The molecule has 1 saturated heterocycles. The van der Waals surface area contributed by atoms with E-state index in [1.165, 1.54) is 17.1 Å². The van der Waals surface area contributed by atoms with Crippen molar-refractivity contribution in [3.63, 3.8) is 0 Å². The standard InChI is InChI=1S/C25H25N7O7S2/c26-14-4-9-31(10-5-14)8-1-3-13-11-40-21-17(20(34)32(21)18(13)22(35)36)29-19(33)16(15-12-41-24(27)28-15)30-39-25(23(37)38)6-2-7-25/h1,3-5,9-10,12,17,21,26H,2,6-8,11H2,(H5,27,28,29,33,35,36,37,38)/p+1/t17?,21-/m0/s1. The number of β-lactam (4-membered cyclic amide) rings is 1. The third-order valence-electron chi connectivity index (χ3n) is 6.88. The van der Waals surface area contributed by atoms with Gasteiger partial charge in [0.25, 0.3) is 11.8 Å². The van der Waals surface area contributed by atoms with Crippen LogP contribution in [-0.4, -0.2) is 72.3 Å². The lowest BCUT2D eigenvalue weighted by Gasteiger charge is -2.49. The minimum Gasteiger partial charge on any atom is -0.478 e. The summed E-state index contributed by atoms with van der Waals surface area (Å²) in [6.45, 7) is 0.464. The Morgan fingerprint density at radius 3 is 2.59 bits per heavy atom. The van der Waals surface area contributed by atoms with Crippen LogP contribution in [0.25, 0.3) is 0 Å². The summed E-state index contributed by atoms with van der Waals surface area (Å²) in [7, 11) is 0. The fourth-order valence-corrected chi connectivity index (χ4v) is 6.33. The number of carboxylic acids is 2. The van der Waals surface area contributed by atoms with Crippen LogP contribution in [0.2, 0.25) is 0 Å². The number of nitrogens with one attached hydrogen (secondary N) is 1. The molecule has 5 rings (SSSR count). The number of nitrogens with two attached hydrogens (primary N) is 2. The average molecular weight is 601 g/mol. The van der Waals surface area contributed by atoms with Gasteiger partial charge in [-0.25, -0.2) is 19.1 Å². The molecular weight excluding hydrogens is 574 g/mol. The number of hydrogen-bond acceptors (Lipinski definition) is 11. The van der Waals surface area contributed by atoms with Crippen LogP contribution in [0.5, 0.6) is 0 Å². The predicted molar refractivity (Wildman–Crippen MR) is 148 cm³/mol. The number of fused-ring (bicyclic) bond motifs is 1. The van der Waals surface area contributed by atoms with Crippen LogP contribution in [-0.2, 0) is 30.6 Å². The van der Waals surface area contributed by atoms with Gasteiger partial charge >= 0.3 is 11.9 Å². The zero-order chi connectivity index (χ0) is 29.3. The van der Waals surface area contributed by atoms with Crippen molar-refractivity contribution in [2.24, 2.45) is 5.16 Å². The Balaban J connectivity index is 1.32. The highest BCUT2D eigenvalue weighted by Gasteiger charge is 2.54. The molecule has 4 heterocycles. The number of aliphatic carboxylic acids is 2. The van der Waals surface area contributed by atoms with Crippen LogP contribution < -0.4 is 21.4 Å². The van der Waals surface area contributed by atoms with Gasteiger partial charge in [0.05, 0.1) is 0 Å². The molecular formula is C25H26N7O7S2+. The molecule has 2 atom stereocenters. The molecule has 7 N–H and O–H groups in total. The Labute approximate surface area is 241 Å². The number of nitrogens with zero attached hydrogens (tertiary/aromatic N) is 4. The van der Waals surface area contributed by atoms with E-state index < -0.39 is 40.8 Å². The highest BCUT2D eigenvalue weighted by atomic mass is 32.2. The Morgan fingerprint density at radius 1 is 1.27 bits per heavy atom. The molecule has 214 valence electrons. The van der Waals surface area contributed by atoms with Gasteiger partial charge in [-0.3, -0.25) is 14.5 Å². The van der Waals surface area contributed by atoms with Crippen molar-refractivity contribution < 1.29 is 38.8 Å². The first-order valence-corrected chi connectivity index (χ1v) is 14.4. The number of rotatable bonds is 10. The number of anilines is 2. The van der Waals surface area contributed by atoms with Gasteiger partial charge in [-0.05, 0) is 18.1 Å². The number of carboxylic acid groups (broad SMARTS) is 2. The van der Waals surface area contributed by atoms with Crippen molar-refractivity contribution in [1.29, 1.82) is 0 Å². The maximum absolute atomic E-state index is 13.3. The third kappa shape index (κ3) is 5.47. The summed E-state index contributed by atoms with van der Waals surface area (Å²) in [4.78, 5) is 60.8. The smallest absolute Gasteiger partial charge is 0.352 e. The van der Waals surface area contributed by atoms with Crippen LogP contribution >= 0.6 is 23.1 Å². The fourth-order valence-electron chi connectivity index (χ4n) is 4.46. The van der Waals surface area contributed by atoms with Crippen molar-refractivity contribution >= 4 is 63.4 Å². The predicted octanol–water partition coefficient (Wildman–Crippen LogP) is 0.318.